The van der Waals surface area contributed by atoms with E-state index in [0.717, 1.165) is 50.6 Å². The van der Waals surface area contributed by atoms with Crippen molar-refractivity contribution < 1.29 is 8.42 Å². The van der Waals surface area contributed by atoms with Crippen molar-refractivity contribution in [1.29, 1.82) is 0 Å². The van der Waals surface area contributed by atoms with Crippen LogP contribution in [0.4, 0.5) is 0 Å². The summed E-state index contributed by atoms with van der Waals surface area (Å²) in [6.07, 6.45) is 8.25. The van der Waals surface area contributed by atoms with Crippen LogP contribution in [0.15, 0.2) is 17.4 Å². The molecule has 0 atom stereocenters. The highest BCUT2D eigenvalue weighted by Gasteiger charge is 2.27. The van der Waals surface area contributed by atoms with Gasteiger partial charge in [0.2, 0.25) is 10.0 Å². The maximum absolute atomic E-state index is 12.1. The number of imidazole rings is 1. The number of hydrogen-bond donors (Lipinski definition) is 2. The van der Waals surface area contributed by atoms with E-state index in [9.17, 15) is 8.42 Å². The minimum atomic E-state index is -3.08. The number of hydrogen-bond acceptors (Lipinski definition) is 4. The summed E-state index contributed by atoms with van der Waals surface area (Å²) in [5.74, 6) is 2.09. The molecule has 1 fully saturated rings. The lowest BCUT2D eigenvalue weighted by atomic mass is 10.1. The van der Waals surface area contributed by atoms with E-state index in [1.54, 1.807) is 11.4 Å². The van der Waals surface area contributed by atoms with Crippen LogP contribution in [-0.4, -0.2) is 66.7 Å². The van der Waals surface area contributed by atoms with Crippen LogP contribution in [0.2, 0.25) is 0 Å². The zero-order chi connectivity index (χ0) is 19.7. The third-order valence-corrected chi connectivity index (χ3v) is 6.99. The SMILES string of the molecule is CCCS(=O)(=O)N1CCC(NC(=NC)NCCCCn2ccnc2C)CC1. The summed E-state index contributed by atoms with van der Waals surface area (Å²) in [5.41, 5.74) is 0. The van der Waals surface area contributed by atoms with Gasteiger partial charge in [0.1, 0.15) is 5.82 Å². The average molecular weight is 399 g/mol. The molecular formula is C18H34N6O2S. The summed E-state index contributed by atoms with van der Waals surface area (Å²) in [7, 11) is -1.31. The minimum absolute atomic E-state index is 0.243. The smallest absolute Gasteiger partial charge is 0.214 e. The summed E-state index contributed by atoms with van der Waals surface area (Å²) in [4.78, 5) is 8.52. The largest absolute Gasteiger partial charge is 0.356 e. The van der Waals surface area contributed by atoms with Crippen molar-refractivity contribution in [3.05, 3.63) is 18.2 Å². The van der Waals surface area contributed by atoms with E-state index >= 15 is 0 Å². The third kappa shape index (κ3) is 6.80. The molecule has 0 unspecified atom stereocenters. The molecule has 9 heteroatoms. The number of sulfonamides is 1. The maximum atomic E-state index is 12.1. The first-order valence-electron chi connectivity index (χ1n) is 9.89. The molecule has 0 aliphatic carbocycles. The number of guanidine groups is 1. The molecule has 0 aromatic carbocycles. The molecule has 0 bridgehead atoms. The van der Waals surface area contributed by atoms with Gasteiger partial charge in [-0.15, -0.1) is 0 Å². The number of unbranched alkanes of at least 4 members (excludes halogenated alkanes) is 1. The number of aromatic nitrogens is 2. The molecule has 2 rings (SSSR count). The third-order valence-electron chi connectivity index (χ3n) is 4.92. The fourth-order valence-electron chi connectivity index (χ4n) is 3.31. The molecule has 1 aliphatic rings. The molecule has 1 saturated heterocycles. The summed E-state index contributed by atoms with van der Waals surface area (Å²) in [5, 5.41) is 6.78. The molecule has 0 amide bonds. The topological polar surface area (TPSA) is 91.6 Å². The first kappa shape index (κ1) is 21.7. The quantitative estimate of drug-likeness (QED) is 0.372. The molecule has 0 spiro atoms. The Bertz CT molecular complexity index is 692. The Kier molecular flexibility index (Phi) is 8.56. The van der Waals surface area contributed by atoms with Crippen LogP contribution in [0.25, 0.3) is 0 Å². The van der Waals surface area contributed by atoms with Crippen LogP contribution < -0.4 is 10.6 Å². The van der Waals surface area contributed by atoms with Gasteiger partial charge in [0.05, 0.1) is 5.75 Å². The highest BCUT2D eigenvalue weighted by Crippen LogP contribution is 2.15. The fraction of sp³-hybridized carbons (Fsp3) is 0.778. The van der Waals surface area contributed by atoms with E-state index < -0.39 is 10.0 Å². The lowest BCUT2D eigenvalue weighted by Crippen LogP contribution is -2.50. The van der Waals surface area contributed by atoms with Gasteiger partial charge in [-0.3, -0.25) is 4.99 Å². The van der Waals surface area contributed by atoms with Crippen LogP contribution in [0.3, 0.4) is 0 Å². The Hall–Kier alpha value is -1.61. The molecule has 1 aliphatic heterocycles. The molecule has 27 heavy (non-hydrogen) atoms. The zero-order valence-corrected chi connectivity index (χ0v) is 17.6. The predicted octanol–water partition coefficient (Wildman–Crippen LogP) is 1.34. The number of nitrogens with zero attached hydrogens (tertiary/aromatic N) is 4. The molecule has 2 N–H and O–H groups in total. The molecule has 1 aromatic rings. The molecule has 0 saturated carbocycles. The van der Waals surface area contributed by atoms with Crippen LogP contribution in [0.5, 0.6) is 0 Å². The number of piperidine rings is 1. The van der Waals surface area contributed by atoms with Crippen molar-refractivity contribution in [2.45, 2.75) is 58.5 Å². The monoisotopic (exact) mass is 398 g/mol. The van der Waals surface area contributed by atoms with E-state index in [4.69, 9.17) is 0 Å². The van der Waals surface area contributed by atoms with Gasteiger partial charge in [0.15, 0.2) is 5.96 Å². The van der Waals surface area contributed by atoms with E-state index in [0.29, 0.717) is 19.5 Å². The van der Waals surface area contributed by atoms with Crippen LogP contribution in [-0.2, 0) is 16.6 Å². The normalized spacial score (nSPS) is 17.2. The Labute approximate surface area is 163 Å². The lowest BCUT2D eigenvalue weighted by molar-refractivity contribution is 0.306. The van der Waals surface area contributed by atoms with Gasteiger partial charge in [-0.05, 0) is 39.0 Å². The summed E-state index contributed by atoms with van der Waals surface area (Å²) < 4.78 is 28.1. The Morgan fingerprint density at radius 2 is 2.07 bits per heavy atom. The summed E-state index contributed by atoms with van der Waals surface area (Å²) in [6.45, 7) is 6.92. The van der Waals surface area contributed by atoms with Crippen LogP contribution >= 0.6 is 0 Å². The highest BCUT2D eigenvalue weighted by molar-refractivity contribution is 7.89. The van der Waals surface area contributed by atoms with Crippen molar-refractivity contribution in [3.8, 4) is 0 Å². The predicted molar refractivity (Wildman–Crippen MR) is 109 cm³/mol. The summed E-state index contributed by atoms with van der Waals surface area (Å²) >= 11 is 0. The van der Waals surface area contributed by atoms with E-state index in [-0.39, 0.29) is 11.8 Å². The minimum Gasteiger partial charge on any atom is -0.356 e. The highest BCUT2D eigenvalue weighted by atomic mass is 32.2. The molecule has 1 aromatic heterocycles. The Balaban J connectivity index is 1.65. The van der Waals surface area contributed by atoms with Crippen LogP contribution in [0.1, 0.15) is 44.9 Å². The molecular weight excluding hydrogens is 364 g/mol. The van der Waals surface area contributed by atoms with Gasteiger partial charge >= 0.3 is 0 Å². The van der Waals surface area contributed by atoms with Gasteiger partial charge in [-0.1, -0.05) is 6.92 Å². The van der Waals surface area contributed by atoms with Gasteiger partial charge in [-0.25, -0.2) is 17.7 Å². The van der Waals surface area contributed by atoms with Crippen molar-refractivity contribution in [2.24, 2.45) is 4.99 Å². The van der Waals surface area contributed by atoms with E-state index in [1.165, 1.54) is 0 Å². The summed E-state index contributed by atoms with van der Waals surface area (Å²) in [6, 6.07) is 0.262. The molecule has 0 radical (unpaired) electrons. The van der Waals surface area contributed by atoms with Crippen molar-refractivity contribution >= 4 is 16.0 Å². The van der Waals surface area contributed by atoms with Crippen molar-refractivity contribution in [3.63, 3.8) is 0 Å². The number of nitrogens with one attached hydrogen (secondary N) is 2. The van der Waals surface area contributed by atoms with Crippen molar-refractivity contribution in [1.82, 2.24) is 24.5 Å². The number of aryl methyl sites for hydroxylation is 2. The number of rotatable bonds is 9. The average Bonchev–Trinajstić information content (AvgIpc) is 3.05. The molecule has 154 valence electrons. The van der Waals surface area contributed by atoms with Gasteiger partial charge in [0.25, 0.3) is 0 Å². The van der Waals surface area contributed by atoms with Gasteiger partial charge in [0, 0.05) is 51.7 Å². The standard InChI is InChI=1S/C18H34N6O2S/c1-4-15-27(25,26)24-12-7-17(8-13-24)22-18(19-3)21-9-5-6-11-23-14-10-20-16(23)2/h10,14,17H,4-9,11-13,15H2,1-3H3,(H2,19,21,22). The Morgan fingerprint density at radius 3 is 2.67 bits per heavy atom. The number of aliphatic imine (C=N–C) groups is 1. The van der Waals surface area contributed by atoms with Gasteiger partial charge < -0.3 is 15.2 Å². The second-order valence-corrected chi connectivity index (χ2v) is 9.10. The second-order valence-electron chi connectivity index (χ2n) is 7.01. The Morgan fingerprint density at radius 1 is 1.33 bits per heavy atom. The molecule has 8 nitrogen and oxygen atoms in total. The zero-order valence-electron chi connectivity index (χ0n) is 16.8. The van der Waals surface area contributed by atoms with Crippen molar-refractivity contribution in [2.75, 3.05) is 32.4 Å². The van der Waals surface area contributed by atoms with Crippen LogP contribution in [0, 0.1) is 6.92 Å². The first-order valence-corrected chi connectivity index (χ1v) is 11.5. The van der Waals surface area contributed by atoms with E-state index in [2.05, 4.69) is 25.2 Å². The van der Waals surface area contributed by atoms with E-state index in [1.807, 2.05) is 26.2 Å². The lowest BCUT2D eigenvalue weighted by Gasteiger charge is -2.32. The van der Waals surface area contributed by atoms with Gasteiger partial charge in [-0.2, -0.15) is 0 Å². The fourth-order valence-corrected chi connectivity index (χ4v) is 4.85. The maximum Gasteiger partial charge on any atom is 0.214 e. The first-order chi connectivity index (χ1) is 13.0. The molecule has 2 heterocycles. The second kappa shape index (κ2) is 10.7.